The van der Waals surface area contributed by atoms with Crippen LogP contribution in [0.4, 0.5) is 0 Å². The zero-order chi connectivity index (χ0) is 10.8. The van der Waals surface area contributed by atoms with Crippen molar-refractivity contribution in [3.05, 3.63) is 40.9 Å². The van der Waals surface area contributed by atoms with E-state index in [1.165, 1.54) is 0 Å². The molecule has 0 aliphatic heterocycles. The van der Waals surface area contributed by atoms with Crippen molar-refractivity contribution in [3.63, 3.8) is 0 Å². The fourth-order valence-electron chi connectivity index (χ4n) is 1.27. The highest BCUT2D eigenvalue weighted by atomic mass is 32.1. The Morgan fingerprint density at radius 3 is 2.67 bits per heavy atom. The average molecular weight is 216 g/mol. The summed E-state index contributed by atoms with van der Waals surface area (Å²) in [6, 6.07) is 5.96. The van der Waals surface area contributed by atoms with E-state index >= 15 is 0 Å². The number of thiazole rings is 1. The Morgan fingerprint density at radius 2 is 2.07 bits per heavy atom. The maximum atomic E-state index is 4.48. The van der Waals surface area contributed by atoms with Crippen molar-refractivity contribution in [2.45, 2.75) is 13.8 Å². The highest BCUT2D eigenvalue weighted by Gasteiger charge is 2.05. The number of nitrogens with zero attached hydrogens (tertiary/aromatic N) is 2. The van der Waals surface area contributed by atoms with Gasteiger partial charge in [-0.05, 0) is 31.6 Å². The molecule has 0 fully saturated rings. The summed E-state index contributed by atoms with van der Waals surface area (Å²) in [5.74, 6) is 0. The van der Waals surface area contributed by atoms with Crippen molar-refractivity contribution in [1.29, 1.82) is 0 Å². The van der Waals surface area contributed by atoms with E-state index < -0.39 is 0 Å². The lowest BCUT2D eigenvalue weighted by molar-refractivity contribution is 1.18. The van der Waals surface area contributed by atoms with E-state index in [9.17, 15) is 0 Å². The van der Waals surface area contributed by atoms with Crippen LogP contribution in [0.5, 0.6) is 0 Å². The average Bonchev–Trinajstić information content (AvgIpc) is 2.66. The van der Waals surface area contributed by atoms with Gasteiger partial charge in [0.15, 0.2) is 0 Å². The largest absolute Gasteiger partial charge is 0.251 e. The molecular formula is C12H12N2S. The monoisotopic (exact) mass is 216 g/mol. The van der Waals surface area contributed by atoms with E-state index in [0.717, 1.165) is 27.7 Å². The normalized spacial score (nSPS) is 10.3. The predicted molar refractivity (Wildman–Crippen MR) is 64.8 cm³/mol. The Hall–Kier alpha value is -1.48. The van der Waals surface area contributed by atoms with Crippen LogP contribution in [0.2, 0.25) is 0 Å². The van der Waals surface area contributed by atoms with E-state index in [1.807, 2.05) is 37.4 Å². The van der Waals surface area contributed by atoms with Crippen molar-refractivity contribution >= 4 is 16.9 Å². The van der Waals surface area contributed by atoms with Gasteiger partial charge >= 0.3 is 0 Å². The number of hydrogen-bond donors (Lipinski definition) is 0. The molecule has 76 valence electrons. The van der Waals surface area contributed by atoms with Crippen molar-refractivity contribution in [1.82, 2.24) is 9.97 Å². The molecule has 0 radical (unpaired) electrons. The lowest BCUT2D eigenvalue weighted by Crippen LogP contribution is -1.86. The summed E-state index contributed by atoms with van der Waals surface area (Å²) < 4.78 is 0. The maximum absolute atomic E-state index is 4.48. The molecule has 0 saturated heterocycles. The molecule has 2 aromatic rings. The van der Waals surface area contributed by atoms with Crippen LogP contribution in [-0.2, 0) is 0 Å². The molecule has 0 unspecified atom stereocenters. The zero-order valence-corrected chi connectivity index (χ0v) is 9.64. The second-order valence-corrected chi connectivity index (χ2v) is 4.34. The van der Waals surface area contributed by atoms with Gasteiger partial charge in [-0.25, -0.2) is 4.98 Å². The van der Waals surface area contributed by atoms with Gasteiger partial charge in [-0.15, -0.1) is 11.3 Å². The van der Waals surface area contributed by atoms with E-state index in [-0.39, 0.29) is 0 Å². The molecule has 2 nitrogen and oxygen atoms in total. The number of pyridine rings is 1. The highest BCUT2D eigenvalue weighted by molar-refractivity contribution is 7.11. The highest BCUT2D eigenvalue weighted by Crippen LogP contribution is 2.23. The van der Waals surface area contributed by atoms with Crippen LogP contribution in [0.1, 0.15) is 17.6 Å². The molecule has 2 rings (SSSR count). The van der Waals surface area contributed by atoms with Gasteiger partial charge in [0, 0.05) is 11.1 Å². The summed E-state index contributed by atoms with van der Waals surface area (Å²) in [6.45, 7) is 7.82. The Morgan fingerprint density at radius 1 is 1.27 bits per heavy atom. The van der Waals surface area contributed by atoms with Crippen LogP contribution < -0.4 is 0 Å². The summed E-state index contributed by atoms with van der Waals surface area (Å²) in [4.78, 5) is 8.91. The van der Waals surface area contributed by atoms with Crippen LogP contribution in [0.25, 0.3) is 17.0 Å². The van der Waals surface area contributed by atoms with Crippen molar-refractivity contribution in [3.8, 4) is 11.4 Å². The number of hydrogen-bond acceptors (Lipinski definition) is 3. The van der Waals surface area contributed by atoms with Crippen LogP contribution in [-0.4, -0.2) is 9.97 Å². The fourth-order valence-corrected chi connectivity index (χ4v) is 2.02. The Labute approximate surface area is 93.3 Å². The van der Waals surface area contributed by atoms with Gasteiger partial charge in [-0.3, -0.25) is 4.98 Å². The van der Waals surface area contributed by atoms with Gasteiger partial charge in [0.05, 0.1) is 5.69 Å². The van der Waals surface area contributed by atoms with Crippen molar-refractivity contribution < 1.29 is 0 Å². The molecule has 15 heavy (non-hydrogen) atoms. The summed E-state index contributed by atoms with van der Waals surface area (Å²) in [5, 5.41) is 3.00. The second kappa shape index (κ2) is 3.95. The SMILES string of the molecule is C=C(C)c1nc(-c2cccc(C)n2)cs1. The molecule has 0 N–H and O–H groups in total. The van der Waals surface area contributed by atoms with Gasteiger partial charge in [0.25, 0.3) is 0 Å². The molecule has 0 spiro atoms. The quantitative estimate of drug-likeness (QED) is 0.767. The molecule has 0 bridgehead atoms. The third-order valence-corrected chi connectivity index (χ3v) is 3.02. The van der Waals surface area contributed by atoms with E-state index in [0.29, 0.717) is 0 Å². The van der Waals surface area contributed by atoms with Crippen molar-refractivity contribution in [2.24, 2.45) is 0 Å². The summed E-state index contributed by atoms with van der Waals surface area (Å²) in [5.41, 5.74) is 3.87. The molecule has 0 saturated carbocycles. The molecule has 0 aliphatic rings. The molecule has 0 atom stereocenters. The van der Waals surface area contributed by atoms with E-state index in [4.69, 9.17) is 0 Å². The molecule has 0 amide bonds. The molecule has 2 heterocycles. The lowest BCUT2D eigenvalue weighted by Gasteiger charge is -1.96. The maximum Gasteiger partial charge on any atom is 0.119 e. The van der Waals surface area contributed by atoms with Crippen LogP contribution in [0.15, 0.2) is 30.2 Å². The minimum Gasteiger partial charge on any atom is -0.251 e. The van der Waals surface area contributed by atoms with Crippen molar-refractivity contribution in [2.75, 3.05) is 0 Å². The summed E-state index contributed by atoms with van der Waals surface area (Å²) in [7, 11) is 0. The Bertz CT molecular complexity index is 500. The van der Waals surface area contributed by atoms with E-state index in [1.54, 1.807) is 11.3 Å². The molecule has 3 heteroatoms. The third kappa shape index (κ3) is 2.13. The Kier molecular flexibility index (Phi) is 2.64. The fraction of sp³-hybridized carbons (Fsp3) is 0.167. The predicted octanol–water partition coefficient (Wildman–Crippen LogP) is 3.55. The van der Waals surface area contributed by atoms with Gasteiger partial charge in [0.1, 0.15) is 10.7 Å². The first-order chi connectivity index (χ1) is 7.16. The summed E-state index contributed by atoms with van der Waals surface area (Å²) >= 11 is 1.61. The number of aryl methyl sites for hydroxylation is 1. The standard InChI is InChI=1S/C12H12N2S/c1-8(2)12-14-11(7-15-12)10-6-4-5-9(3)13-10/h4-7H,1H2,2-3H3. The smallest absolute Gasteiger partial charge is 0.119 e. The topological polar surface area (TPSA) is 25.8 Å². The van der Waals surface area contributed by atoms with Gasteiger partial charge in [0.2, 0.25) is 0 Å². The van der Waals surface area contributed by atoms with Gasteiger partial charge in [-0.1, -0.05) is 12.6 Å². The lowest BCUT2D eigenvalue weighted by atomic mass is 10.2. The Balaban J connectivity index is 2.41. The molecular weight excluding hydrogens is 204 g/mol. The first-order valence-corrected chi connectivity index (χ1v) is 5.60. The van der Waals surface area contributed by atoms with E-state index in [2.05, 4.69) is 16.5 Å². The second-order valence-electron chi connectivity index (χ2n) is 3.48. The van der Waals surface area contributed by atoms with Gasteiger partial charge < -0.3 is 0 Å². The van der Waals surface area contributed by atoms with Gasteiger partial charge in [-0.2, -0.15) is 0 Å². The molecule has 0 aromatic carbocycles. The summed E-state index contributed by atoms with van der Waals surface area (Å²) in [6.07, 6.45) is 0. The number of aromatic nitrogens is 2. The minimum atomic E-state index is 0.929. The first kappa shape index (κ1) is 10.1. The third-order valence-electron chi connectivity index (χ3n) is 2.02. The zero-order valence-electron chi connectivity index (χ0n) is 8.82. The van der Waals surface area contributed by atoms with Crippen LogP contribution >= 0.6 is 11.3 Å². The van der Waals surface area contributed by atoms with Crippen LogP contribution in [0, 0.1) is 6.92 Å². The molecule has 0 aliphatic carbocycles. The minimum absolute atomic E-state index is 0.929. The van der Waals surface area contributed by atoms with Crippen LogP contribution in [0.3, 0.4) is 0 Å². The first-order valence-electron chi connectivity index (χ1n) is 4.72. The molecule has 2 aromatic heterocycles. The number of allylic oxidation sites excluding steroid dienone is 1. The number of rotatable bonds is 2.